The van der Waals surface area contributed by atoms with Crippen LogP contribution < -0.4 is 33.2 Å². The maximum absolute atomic E-state index is 13.3. The Morgan fingerprint density at radius 3 is 2.02 bits per heavy atom. The van der Waals surface area contributed by atoms with Crippen LogP contribution in [-0.2, 0) is 30.4 Å². The lowest BCUT2D eigenvalue weighted by atomic mass is 10.0. The predicted molar refractivity (Wildman–Crippen MR) is 153 cm³/mol. The van der Waals surface area contributed by atoms with Gasteiger partial charge in [-0.05, 0) is 55.4 Å². The van der Waals surface area contributed by atoms with Crippen molar-refractivity contribution in [2.45, 2.75) is 62.7 Å². The summed E-state index contributed by atoms with van der Waals surface area (Å²) < 4.78 is 0. The molecule has 0 fully saturated rings. The first-order valence-corrected chi connectivity index (χ1v) is 14.2. The molecule has 41 heavy (non-hydrogen) atoms. The molecule has 0 bridgehead atoms. The fraction of sp³-hybridized carbons (Fsp3) is 0.520. The molecular formula is C25H39N7O8S. The number of guanidine groups is 1. The van der Waals surface area contributed by atoms with Gasteiger partial charge in [0.05, 0.1) is 6.04 Å². The second-order valence-electron chi connectivity index (χ2n) is 9.16. The molecule has 0 spiro atoms. The van der Waals surface area contributed by atoms with Gasteiger partial charge in [0.15, 0.2) is 5.96 Å². The van der Waals surface area contributed by atoms with Crippen molar-refractivity contribution < 1.29 is 39.3 Å². The highest BCUT2D eigenvalue weighted by Crippen LogP contribution is 2.13. The van der Waals surface area contributed by atoms with Gasteiger partial charge in [0.2, 0.25) is 17.7 Å². The molecule has 15 nitrogen and oxygen atoms in total. The Hall–Kier alpha value is -4.05. The molecule has 4 atom stereocenters. The summed E-state index contributed by atoms with van der Waals surface area (Å²) in [7, 11) is 0. The molecule has 0 aliphatic heterocycles. The number of nitrogens with zero attached hydrogens (tertiary/aromatic N) is 1. The summed E-state index contributed by atoms with van der Waals surface area (Å²) in [5, 5.41) is 35.6. The van der Waals surface area contributed by atoms with Crippen molar-refractivity contribution >= 4 is 47.4 Å². The fourth-order valence-electron chi connectivity index (χ4n) is 3.58. The van der Waals surface area contributed by atoms with Crippen molar-refractivity contribution in [1.82, 2.24) is 16.0 Å². The number of aliphatic carboxylic acids is 2. The maximum Gasteiger partial charge on any atom is 0.326 e. The molecule has 4 unspecified atom stereocenters. The minimum atomic E-state index is -1.36. The first-order chi connectivity index (χ1) is 19.3. The normalized spacial score (nSPS) is 13.6. The second kappa shape index (κ2) is 18.3. The number of nitrogens with two attached hydrogens (primary N) is 3. The Bertz CT molecular complexity index is 1070. The van der Waals surface area contributed by atoms with E-state index in [-0.39, 0.29) is 43.9 Å². The third kappa shape index (κ3) is 14.2. The number of carbonyl (C=O) groups is 5. The van der Waals surface area contributed by atoms with E-state index < -0.39 is 60.2 Å². The van der Waals surface area contributed by atoms with Crippen molar-refractivity contribution in [3.05, 3.63) is 29.8 Å². The Kier molecular flexibility index (Phi) is 15.6. The molecule has 1 aromatic carbocycles. The lowest BCUT2D eigenvalue weighted by Gasteiger charge is -2.25. The molecule has 228 valence electrons. The Labute approximate surface area is 241 Å². The van der Waals surface area contributed by atoms with Crippen molar-refractivity contribution in [2.24, 2.45) is 22.2 Å². The number of amides is 3. The third-order valence-corrected chi connectivity index (χ3v) is 6.46. The van der Waals surface area contributed by atoms with E-state index in [1.165, 1.54) is 36.0 Å². The number of phenolic OH excluding ortho intramolecular Hbond substituents is 1. The van der Waals surface area contributed by atoms with Crippen molar-refractivity contribution in [3.63, 3.8) is 0 Å². The van der Waals surface area contributed by atoms with Gasteiger partial charge in [-0.3, -0.25) is 24.2 Å². The van der Waals surface area contributed by atoms with Gasteiger partial charge < -0.3 is 48.5 Å². The number of benzene rings is 1. The zero-order valence-electron chi connectivity index (χ0n) is 22.7. The number of rotatable bonds is 19. The van der Waals surface area contributed by atoms with E-state index in [0.29, 0.717) is 17.7 Å². The van der Waals surface area contributed by atoms with E-state index in [2.05, 4.69) is 20.9 Å². The average Bonchev–Trinajstić information content (AvgIpc) is 2.91. The Morgan fingerprint density at radius 1 is 0.878 bits per heavy atom. The number of phenols is 1. The molecule has 0 saturated carbocycles. The number of aliphatic imine (C=N–C) groups is 1. The summed E-state index contributed by atoms with van der Waals surface area (Å²) >= 11 is 1.40. The number of thioether (sulfide) groups is 1. The molecule has 0 aliphatic carbocycles. The van der Waals surface area contributed by atoms with Crippen LogP contribution in [0.3, 0.4) is 0 Å². The van der Waals surface area contributed by atoms with Crippen LogP contribution in [0.1, 0.15) is 37.7 Å². The fourth-order valence-corrected chi connectivity index (χ4v) is 4.05. The smallest absolute Gasteiger partial charge is 0.326 e. The molecule has 0 radical (unpaired) electrons. The number of carbonyl (C=O) groups excluding carboxylic acids is 3. The lowest BCUT2D eigenvalue weighted by Crippen LogP contribution is -2.57. The number of carboxylic acids is 2. The van der Waals surface area contributed by atoms with Gasteiger partial charge in [-0.2, -0.15) is 11.8 Å². The second-order valence-corrected chi connectivity index (χ2v) is 10.1. The van der Waals surface area contributed by atoms with Crippen LogP contribution in [0.2, 0.25) is 0 Å². The Balaban J connectivity index is 3.10. The molecule has 0 aromatic heterocycles. The van der Waals surface area contributed by atoms with Crippen molar-refractivity contribution in [2.75, 3.05) is 18.6 Å². The molecule has 0 aliphatic rings. The highest BCUT2D eigenvalue weighted by Gasteiger charge is 2.30. The van der Waals surface area contributed by atoms with Crippen LogP contribution in [-0.4, -0.2) is 93.7 Å². The van der Waals surface area contributed by atoms with Crippen molar-refractivity contribution in [1.29, 1.82) is 0 Å². The highest BCUT2D eigenvalue weighted by molar-refractivity contribution is 7.98. The Morgan fingerprint density at radius 2 is 1.46 bits per heavy atom. The van der Waals surface area contributed by atoms with E-state index in [4.69, 9.17) is 22.3 Å². The zero-order valence-corrected chi connectivity index (χ0v) is 23.6. The average molecular weight is 598 g/mol. The summed E-state index contributed by atoms with van der Waals surface area (Å²) in [6, 6.07) is 0.904. The van der Waals surface area contributed by atoms with Crippen LogP contribution in [0.4, 0.5) is 0 Å². The van der Waals surface area contributed by atoms with Gasteiger partial charge in [0.25, 0.3) is 0 Å². The van der Waals surface area contributed by atoms with Crippen molar-refractivity contribution in [3.8, 4) is 5.75 Å². The molecule has 0 heterocycles. The van der Waals surface area contributed by atoms with Crippen LogP contribution in [0, 0.1) is 0 Å². The van der Waals surface area contributed by atoms with E-state index in [1.54, 1.807) is 6.26 Å². The van der Waals surface area contributed by atoms with Gasteiger partial charge in [-0.1, -0.05) is 12.1 Å². The predicted octanol–water partition coefficient (Wildman–Crippen LogP) is -1.53. The molecule has 12 N–H and O–H groups in total. The summed E-state index contributed by atoms with van der Waals surface area (Å²) in [4.78, 5) is 65.8. The molecule has 16 heteroatoms. The first-order valence-electron chi connectivity index (χ1n) is 12.8. The van der Waals surface area contributed by atoms with E-state index in [9.17, 15) is 34.2 Å². The van der Waals surface area contributed by atoms with Crippen LogP contribution in [0.25, 0.3) is 0 Å². The number of hydrogen-bond donors (Lipinski definition) is 9. The van der Waals surface area contributed by atoms with Gasteiger partial charge >= 0.3 is 11.9 Å². The third-order valence-electron chi connectivity index (χ3n) is 5.82. The minimum Gasteiger partial charge on any atom is -0.508 e. The topological polar surface area (TPSA) is 273 Å². The minimum absolute atomic E-state index is 0.0205. The van der Waals surface area contributed by atoms with Gasteiger partial charge in [0.1, 0.15) is 23.9 Å². The highest BCUT2D eigenvalue weighted by atomic mass is 32.2. The quantitative estimate of drug-likeness (QED) is 0.0499. The SMILES string of the molecule is CSCCC(NC(=O)C(Cc1ccc(O)cc1)NC(=O)C(CCC(=O)O)NC(=O)C(N)CCCN=C(N)N)C(=O)O. The van der Waals surface area contributed by atoms with Gasteiger partial charge in [-0.15, -0.1) is 0 Å². The summed E-state index contributed by atoms with van der Waals surface area (Å²) in [5.74, 6) is -4.50. The van der Waals surface area contributed by atoms with Gasteiger partial charge in [-0.25, -0.2) is 4.79 Å². The number of aromatic hydroxyl groups is 1. The van der Waals surface area contributed by atoms with E-state index in [0.717, 1.165) is 0 Å². The lowest BCUT2D eigenvalue weighted by molar-refractivity contribution is -0.142. The maximum atomic E-state index is 13.3. The molecule has 3 amide bonds. The molecule has 1 aromatic rings. The first kappa shape index (κ1) is 35.0. The summed E-state index contributed by atoms with van der Waals surface area (Å²) in [5.41, 5.74) is 17.0. The van der Waals surface area contributed by atoms with Crippen LogP contribution in [0.5, 0.6) is 5.75 Å². The largest absolute Gasteiger partial charge is 0.508 e. The van der Waals surface area contributed by atoms with E-state index in [1.807, 2.05) is 0 Å². The number of hydrogen-bond acceptors (Lipinski definition) is 9. The van der Waals surface area contributed by atoms with Gasteiger partial charge in [0, 0.05) is 19.4 Å². The van der Waals surface area contributed by atoms with Crippen LogP contribution in [0.15, 0.2) is 29.3 Å². The summed E-state index contributed by atoms with van der Waals surface area (Å²) in [6.07, 6.45) is 1.62. The standard InChI is InChI=1S/C25H39N7O8S/c1-41-12-10-18(24(39)40)31-23(38)19(13-14-4-6-15(33)7-5-14)32-22(37)17(8-9-20(34)35)30-21(36)16(26)3-2-11-29-25(27)28/h4-7,16-19,33H,2-3,8-13,26H2,1H3,(H,30,36)(H,31,38)(H,32,37)(H,34,35)(H,39,40)(H4,27,28,29). The monoisotopic (exact) mass is 597 g/mol. The molecule has 0 saturated heterocycles. The van der Waals surface area contributed by atoms with Crippen LogP contribution >= 0.6 is 11.8 Å². The molecule has 1 rings (SSSR count). The summed E-state index contributed by atoms with van der Waals surface area (Å²) in [6.45, 7) is 0.231. The molecular weight excluding hydrogens is 558 g/mol. The number of nitrogens with one attached hydrogen (secondary N) is 3. The number of carboxylic acid groups (broad SMARTS) is 2. The zero-order chi connectivity index (χ0) is 30.9. The van der Waals surface area contributed by atoms with E-state index >= 15 is 0 Å².